The first-order valence-electron chi connectivity index (χ1n) is 5.44. The zero-order valence-electron chi connectivity index (χ0n) is 8.37. The van der Waals surface area contributed by atoms with Gasteiger partial charge in [-0.3, -0.25) is 4.90 Å². The van der Waals surface area contributed by atoms with Crippen molar-refractivity contribution >= 4 is 5.69 Å². The van der Waals surface area contributed by atoms with Crippen LogP contribution in [0.15, 0.2) is 18.2 Å². The standard InChI is InChI=1S/C12H16N2/c13-11-2-1-10-8-14(12-3-4-12)6-5-9(10)7-11/h1-2,7,12H,3-6,8,13H2. The number of nitrogens with two attached hydrogens (primary N) is 1. The van der Waals surface area contributed by atoms with Gasteiger partial charge in [-0.2, -0.15) is 0 Å². The van der Waals surface area contributed by atoms with Crippen molar-refractivity contribution in [1.82, 2.24) is 4.90 Å². The second-order valence-electron chi connectivity index (χ2n) is 4.48. The van der Waals surface area contributed by atoms with Gasteiger partial charge in [0.2, 0.25) is 0 Å². The Kier molecular flexibility index (Phi) is 1.77. The Balaban J connectivity index is 1.86. The van der Waals surface area contributed by atoms with E-state index in [9.17, 15) is 0 Å². The lowest BCUT2D eigenvalue weighted by Gasteiger charge is -2.28. The van der Waals surface area contributed by atoms with Crippen LogP contribution in [-0.4, -0.2) is 17.5 Å². The van der Waals surface area contributed by atoms with Crippen LogP contribution in [0.25, 0.3) is 0 Å². The number of benzene rings is 1. The fourth-order valence-electron chi connectivity index (χ4n) is 2.35. The highest BCUT2D eigenvalue weighted by Gasteiger charge is 2.30. The first kappa shape index (κ1) is 8.30. The van der Waals surface area contributed by atoms with Crippen molar-refractivity contribution in [2.45, 2.75) is 31.8 Å². The summed E-state index contributed by atoms with van der Waals surface area (Å²) < 4.78 is 0. The summed E-state index contributed by atoms with van der Waals surface area (Å²) in [6.07, 6.45) is 3.99. The molecule has 1 heterocycles. The molecule has 14 heavy (non-hydrogen) atoms. The van der Waals surface area contributed by atoms with Gasteiger partial charge in [0.1, 0.15) is 0 Å². The Bertz CT molecular complexity index is 355. The quantitative estimate of drug-likeness (QED) is 0.681. The molecule has 2 nitrogen and oxygen atoms in total. The third-order valence-electron chi connectivity index (χ3n) is 3.34. The molecule has 0 bridgehead atoms. The Morgan fingerprint density at radius 2 is 2.07 bits per heavy atom. The minimum Gasteiger partial charge on any atom is -0.399 e. The molecule has 1 aromatic rings. The lowest BCUT2D eigenvalue weighted by Crippen LogP contribution is -2.32. The van der Waals surface area contributed by atoms with Gasteiger partial charge in [0, 0.05) is 24.8 Å². The van der Waals surface area contributed by atoms with E-state index >= 15 is 0 Å². The molecule has 1 fully saturated rings. The van der Waals surface area contributed by atoms with Crippen LogP contribution in [0.3, 0.4) is 0 Å². The predicted molar refractivity (Wildman–Crippen MR) is 58.0 cm³/mol. The molecule has 2 heteroatoms. The molecule has 1 aromatic carbocycles. The summed E-state index contributed by atoms with van der Waals surface area (Å²) in [5, 5.41) is 0. The molecule has 0 spiro atoms. The van der Waals surface area contributed by atoms with Gasteiger partial charge in [-0.25, -0.2) is 0 Å². The zero-order chi connectivity index (χ0) is 9.54. The Morgan fingerprint density at radius 3 is 2.86 bits per heavy atom. The number of nitrogen functional groups attached to an aromatic ring is 1. The lowest BCUT2D eigenvalue weighted by atomic mass is 9.99. The molecule has 2 N–H and O–H groups in total. The normalized spacial score (nSPS) is 22.0. The SMILES string of the molecule is Nc1ccc2c(c1)CCN(C1CC1)C2. The van der Waals surface area contributed by atoms with Crippen LogP contribution in [0.4, 0.5) is 5.69 Å². The van der Waals surface area contributed by atoms with Crippen LogP contribution in [0, 0.1) is 0 Å². The van der Waals surface area contributed by atoms with Crippen molar-refractivity contribution in [2.75, 3.05) is 12.3 Å². The lowest BCUT2D eigenvalue weighted by molar-refractivity contribution is 0.244. The van der Waals surface area contributed by atoms with Gasteiger partial charge in [-0.15, -0.1) is 0 Å². The summed E-state index contributed by atoms with van der Waals surface area (Å²) >= 11 is 0. The van der Waals surface area contributed by atoms with Gasteiger partial charge in [0.15, 0.2) is 0 Å². The summed E-state index contributed by atoms with van der Waals surface area (Å²) in [6, 6.07) is 7.24. The van der Waals surface area contributed by atoms with E-state index in [4.69, 9.17) is 5.73 Å². The topological polar surface area (TPSA) is 29.3 Å². The van der Waals surface area contributed by atoms with Crippen molar-refractivity contribution < 1.29 is 0 Å². The molecule has 0 amide bonds. The molecule has 2 aliphatic rings. The van der Waals surface area contributed by atoms with E-state index in [2.05, 4.69) is 17.0 Å². The highest BCUT2D eigenvalue weighted by molar-refractivity contribution is 5.45. The van der Waals surface area contributed by atoms with E-state index in [1.165, 1.54) is 36.9 Å². The molecule has 0 radical (unpaired) electrons. The van der Waals surface area contributed by atoms with Gasteiger partial charge in [-0.05, 0) is 42.5 Å². The van der Waals surface area contributed by atoms with Gasteiger partial charge in [0.25, 0.3) is 0 Å². The third-order valence-corrected chi connectivity index (χ3v) is 3.34. The van der Waals surface area contributed by atoms with Crippen LogP contribution in [0.5, 0.6) is 0 Å². The van der Waals surface area contributed by atoms with E-state index in [0.29, 0.717) is 0 Å². The average Bonchev–Trinajstić information content (AvgIpc) is 3.00. The summed E-state index contributed by atoms with van der Waals surface area (Å²) in [5.74, 6) is 0. The largest absolute Gasteiger partial charge is 0.399 e. The summed E-state index contributed by atoms with van der Waals surface area (Å²) in [7, 11) is 0. The zero-order valence-corrected chi connectivity index (χ0v) is 8.37. The van der Waals surface area contributed by atoms with Crippen molar-refractivity contribution in [1.29, 1.82) is 0 Å². The number of anilines is 1. The van der Waals surface area contributed by atoms with Crippen LogP contribution in [0.2, 0.25) is 0 Å². The average molecular weight is 188 g/mol. The van der Waals surface area contributed by atoms with Crippen molar-refractivity contribution in [3.8, 4) is 0 Å². The van der Waals surface area contributed by atoms with E-state index < -0.39 is 0 Å². The van der Waals surface area contributed by atoms with E-state index in [0.717, 1.165) is 18.3 Å². The Hall–Kier alpha value is -1.02. The Morgan fingerprint density at radius 1 is 1.21 bits per heavy atom. The van der Waals surface area contributed by atoms with Crippen molar-refractivity contribution in [3.05, 3.63) is 29.3 Å². The highest BCUT2D eigenvalue weighted by Crippen LogP contribution is 2.31. The second kappa shape index (κ2) is 2.99. The molecule has 1 saturated carbocycles. The van der Waals surface area contributed by atoms with Crippen LogP contribution in [-0.2, 0) is 13.0 Å². The number of hydrogen-bond donors (Lipinski definition) is 1. The maximum Gasteiger partial charge on any atom is 0.0316 e. The van der Waals surface area contributed by atoms with Gasteiger partial charge < -0.3 is 5.73 Å². The van der Waals surface area contributed by atoms with E-state index in [-0.39, 0.29) is 0 Å². The number of fused-ring (bicyclic) bond motifs is 1. The number of hydrogen-bond acceptors (Lipinski definition) is 2. The minimum absolute atomic E-state index is 0.890. The fraction of sp³-hybridized carbons (Fsp3) is 0.500. The maximum absolute atomic E-state index is 5.78. The summed E-state index contributed by atoms with van der Waals surface area (Å²) in [5.41, 5.74) is 9.62. The molecule has 0 unspecified atom stereocenters. The van der Waals surface area contributed by atoms with Crippen LogP contribution >= 0.6 is 0 Å². The fourth-order valence-corrected chi connectivity index (χ4v) is 2.35. The molecule has 0 atom stereocenters. The molecule has 0 aromatic heterocycles. The van der Waals surface area contributed by atoms with Crippen LogP contribution < -0.4 is 5.73 Å². The second-order valence-corrected chi connectivity index (χ2v) is 4.48. The molecular weight excluding hydrogens is 172 g/mol. The van der Waals surface area contributed by atoms with Gasteiger partial charge in [0.05, 0.1) is 0 Å². The van der Waals surface area contributed by atoms with Gasteiger partial charge >= 0.3 is 0 Å². The Labute approximate surface area is 84.7 Å². The van der Waals surface area contributed by atoms with Crippen molar-refractivity contribution in [2.24, 2.45) is 0 Å². The monoisotopic (exact) mass is 188 g/mol. The molecular formula is C12H16N2. The smallest absolute Gasteiger partial charge is 0.0316 e. The number of nitrogens with zero attached hydrogens (tertiary/aromatic N) is 1. The minimum atomic E-state index is 0.890. The van der Waals surface area contributed by atoms with E-state index in [1.54, 1.807) is 0 Å². The summed E-state index contributed by atoms with van der Waals surface area (Å²) in [6.45, 7) is 2.36. The molecule has 3 rings (SSSR count). The van der Waals surface area contributed by atoms with Crippen molar-refractivity contribution in [3.63, 3.8) is 0 Å². The summed E-state index contributed by atoms with van der Waals surface area (Å²) in [4.78, 5) is 2.61. The predicted octanol–water partition coefficient (Wildman–Crippen LogP) is 1.79. The first-order chi connectivity index (χ1) is 6.83. The first-order valence-corrected chi connectivity index (χ1v) is 5.44. The molecule has 1 aliphatic heterocycles. The third kappa shape index (κ3) is 1.40. The van der Waals surface area contributed by atoms with Crippen LogP contribution in [0.1, 0.15) is 24.0 Å². The number of rotatable bonds is 1. The van der Waals surface area contributed by atoms with Gasteiger partial charge in [-0.1, -0.05) is 6.07 Å². The highest BCUT2D eigenvalue weighted by atomic mass is 15.2. The molecule has 1 aliphatic carbocycles. The molecule has 0 saturated heterocycles. The maximum atomic E-state index is 5.78. The van der Waals surface area contributed by atoms with E-state index in [1.807, 2.05) is 6.07 Å². The molecule has 74 valence electrons.